The van der Waals surface area contributed by atoms with E-state index in [0.29, 0.717) is 6.61 Å². The quantitative estimate of drug-likeness (QED) is 0.414. The van der Waals surface area contributed by atoms with E-state index in [1.54, 1.807) is 23.6 Å². The van der Waals surface area contributed by atoms with Gasteiger partial charge in [-0.2, -0.15) is 0 Å². The topological polar surface area (TPSA) is 46.6 Å². The lowest BCUT2D eigenvalue weighted by Gasteiger charge is -2.46. The van der Waals surface area contributed by atoms with Gasteiger partial charge in [-0.05, 0) is 20.8 Å². The van der Waals surface area contributed by atoms with Crippen LogP contribution in [0.2, 0.25) is 0 Å². The van der Waals surface area contributed by atoms with E-state index in [1.165, 1.54) is 0 Å². The van der Waals surface area contributed by atoms with E-state index in [9.17, 15) is 9.59 Å². The molecule has 7 heteroatoms. The summed E-state index contributed by atoms with van der Waals surface area (Å²) in [6.07, 6.45) is 0. The van der Waals surface area contributed by atoms with Gasteiger partial charge in [0.25, 0.3) is 5.91 Å². The van der Waals surface area contributed by atoms with Crippen LogP contribution in [0, 0.1) is 0 Å². The van der Waals surface area contributed by atoms with Crippen molar-refractivity contribution >= 4 is 55.5 Å². The van der Waals surface area contributed by atoms with Crippen molar-refractivity contribution in [1.29, 1.82) is 0 Å². The van der Waals surface area contributed by atoms with Crippen LogP contribution in [0.1, 0.15) is 20.8 Å². The molecular weight excluding hydrogens is 374 g/mol. The Balaban J connectivity index is 2.28. The fraction of sp³-hybridized carbons (Fsp3) is 0.800. The Kier molecular flexibility index (Phi) is 3.32. The van der Waals surface area contributed by atoms with Crippen molar-refractivity contribution in [3.8, 4) is 0 Å². The van der Waals surface area contributed by atoms with Crippen molar-refractivity contribution in [3.05, 3.63) is 0 Å². The summed E-state index contributed by atoms with van der Waals surface area (Å²) in [7, 11) is 0. The molecule has 0 aliphatic carbocycles. The Hall–Kier alpha value is 0.250. The van der Waals surface area contributed by atoms with Gasteiger partial charge in [-0.25, -0.2) is 4.79 Å². The van der Waals surface area contributed by atoms with Crippen LogP contribution in [-0.2, 0) is 14.3 Å². The van der Waals surface area contributed by atoms with Crippen LogP contribution in [0.25, 0.3) is 0 Å². The molecule has 0 aromatic rings. The minimum absolute atomic E-state index is 0.0700. The molecule has 2 aliphatic rings. The second-order valence-electron chi connectivity index (χ2n) is 4.56. The molecule has 0 saturated carbocycles. The number of β-lactam (4-membered cyclic amide) rings is 1. The number of rotatable bonds is 2. The maximum Gasteiger partial charge on any atom is 0.330 e. The Bertz CT molecular complexity index is 386. The summed E-state index contributed by atoms with van der Waals surface area (Å²) in [6, 6.07) is -0.506. The van der Waals surface area contributed by atoms with Gasteiger partial charge in [0.1, 0.15) is 11.4 Å². The van der Waals surface area contributed by atoms with Gasteiger partial charge in [-0.15, -0.1) is 11.8 Å². The minimum Gasteiger partial charge on any atom is -0.464 e. The first-order valence-electron chi connectivity index (χ1n) is 5.28. The number of alkyl halides is 2. The Morgan fingerprint density at radius 1 is 1.53 bits per heavy atom. The van der Waals surface area contributed by atoms with Crippen LogP contribution in [0.5, 0.6) is 0 Å². The summed E-state index contributed by atoms with van der Waals surface area (Å²) in [5, 5.41) is -0.0700. The van der Waals surface area contributed by atoms with Gasteiger partial charge in [0.15, 0.2) is 3.23 Å². The standard InChI is InChI=1S/C10H13Br2NO3S/c1-4-16-6(14)5-9(2,3)17-8-10(11,12)7(15)13(5)8/h5,8H,4H2,1-3H3/t5-,8+/m0/s1. The van der Waals surface area contributed by atoms with E-state index < -0.39 is 9.28 Å². The fourth-order valence-corrected chi connectivity index (χ4v) is 5.09. The molecule has 0 spiro atoms. The molecule has 2 fully saturated rings. The monoisotopic (exact) mass is 385 g/mol. The molecule has 0 unspecified atom stereocenters. The van der Waals surface area contributed by atoms with Gasteiger partial charge < -0.3 is 9.64 Å². The molecule has 0 bridgehead atoms. The second kappa shape index (κ2) is 4.13. The van der Waals surface area contributed by atoms with Gasteiger partial charge >= 0.3 is 5.97 Å². The van der Waals surface area contributed by atoms with E-state index in [-0.39, 0.29) is 22.0 Å². The molecule has 0 radical (unpaired) electrons. The highest BCUT2D eigenvalue weighted by Crippen LogP contribution is 2.60. The van der Waals surface area contributed by atoms with E-state index in [1.807, 2.05) is 13.8 Å². The molecule has 0 aromatic carbocycles. The number of amides is 1. The SMILES string of the molecule is CCOC(=O)[C@@H]1N2C(=O)C(Br)(Br)[C@H]2SC1(C)C. The molecule has 96 valence electrons. The normalized spacial score (nSPS) is 33.0. The van der Waals surface area contributed by atoms with Crippen molar-refractivity contribution in [2.75, 3.05) is 6.61 Å². The summed E-state index contributed by atoms with van der Waals surface area (Å²) in [4.78, 5) is 25.5. The fourth-order valence-electron chi connectivity index (χ4n) is 2.18. The molecule has 2 saturated heterocycles. The van der Waals surface area contributed by atoms with Gasteiger partial charge in [-0.1, -0.05) is 31.9 Å². The highest BCUT2D eigenvalue weighted by Gasteiger charge is 2.70. The molecule has 1 amide bonds. The maximum atomic E-state index is 12.0. The Morgan fingerprint density at radius 3 is 2.65 bits per heavy atom. The highest BCUT2D eigenvalue weighted by molar-refractivity contribution is 9.26. The number of carbonyl (C=O) groups is 2. The largest absolute Gasteiger partial charge is 0.464 e. The Morgan fingerprint density at radius 2 is 2.12 bits per heavy atom. The second-order valence-corrected chi connectivity index (χ2v) is 9.86. The van der Waals surface area contributed by atoms with Gasteiger partial charge in [-0.3, -0.25) is 4.79 Å². The van der Waals surface area contributed by atoms with E-state index in [0.717, 1.165) is 0 Å². The van der Waals surface area contributed by atoms with E-state index in [4.69, 9.17) is 4.74 Å². The van der Waals surface area contributed by atoms with Crippen LogP contribution in [-0.4, -0.2) is 42.8 Å². The van der Waals surface area contributed by atoms with E-state index in [2.05, 4.69) is 31.9 Å². The molecule has 2 heterocycles. The van der Waals surface area contributed by atoms with Crippen LogP contribution < -0.4 is 0 Å². The molecule has 0 N–H and O–H groups in total. The lowest BCUT2D eigenvalue weighted by Crippen LogP contribution is -2.68. The molecule has 17 heavy (non-hydrogen) atoms. The average molecular weight is 387 g/mol. The van der Waals surface area contributed by atoms with Crippen LogP contribution >= 0.6 is 43.6 Å². The third-order valence-electron chi connectivity index (χ3n) is 2.94. The summed E-state index contributed by atoms with van der Waals surface area (Å²) < 4.78 is 3.98. The lowest BCUT2D eigenvalue weighted by molar-refractivity contribution is -0.160. The smallest absolute Gasteiger partial charge is 0.330 e. The number of hydrogen-bond acceptors (Lipinski definition) is 4. The van der Waals surface area contributed by atoms with Crippen molar-refractivity contribution in [2.45, 2.75) is 40.2 Å². The van der Waals surface area contributed by atoms with Crippen molar-refractivity contribution < 1.29 is 14.3 Å². The third kappa shape index (κ3) is 1.85. The summed E-state index contributed by atoms with van der Waals surface area (Å²) in [5.41, 5.74) is 0. The van der Waals surface area contributed by atoms with E-state index >= 15 is 0 Å². The lowest BCUT2D eigenvalue weighted by atomic mass is 9.98. The maximum absolute atomic E-state index is 12.0. The number of esters is 1. The molecule has 2 aliphatic heterocycles. The summed E-state index contributed by atoms with van der Waals surface area (Å²) >= 11 is 8.31. The summed E-state index contributed by atoms with van der Waals surface area (Å²) in [6.45, 7) is 6.01. The van der Waals surface area contributed by atoms with Crippen molar-refractivity contribution in [1.82, 2.24) is 4.90 Å². The van der Waals surface area contributed by atoms with Crippen LogP contribution in [0.15, 0.2) is 0 Å². The first-order chi connectivity index (χ1) is 7.73. The number of halogens is 2. The zero-order valence-corrected chi connectivity index (χ0v) is 13.7. The molecule has 2 rings (SSSR count). The molecule has 4 nitrogen and oxygen atoms in total. The average Bonchev–Trinajstić information content (AvgIpc) is 2.48. The number of thioether (sulfide) groups is 1. The van der Waals surface area contributed by atoms with Crippen LogP contribution in [0.3, 0.4) is 0 Å². The van der Waals surface area contributed by atoms with Gasteiger partial charge in [0, 0.05) is 4.75 Å². The number of hydrogen-bond donors (Lipinski definition) is 0. The number of carbonyl (C=O) groups excluding carboxylic acids is 2. The predicted molar refractivity (Wildman–Crippen MR) is 73.3 cm³/mol. The third-order valence-corrected chi connectivity index (χ3v) is 6.73. The molecular formula is C10H13Br2NO3S. The van der Waals surface area contributed by atoms with Crippen molar-refractivity contribution in [2.24, 2.45) is 0 Å². The Labute approximate surface area is 121 Å². The first kappa shape index (κ1) is 13.7. The number of nitrogens with zero attached hydrogens (tertiary/aromatic N) is 1. The number of ether oxygens (including phenoxy) is 1. The zero-order chi connectivity index (χ0) is 13.0. The predicted octanol–water partition coefficient (Wildman–Crippen LogP) is 2.10. The van der Waals surface area contributed by atoms with Crippen molar-refractivity contribution in [3.63, 3.8) is 0 Å². The van der Waals surface area contributed by atoms with Gasteiger partial charge in [0.2, 0.25) is 0 Å². The summed E-state index contributed by atoms with van der Waals surface area (Å²) in [5.74, 6) is -0.435. The molecule has 0 aromatic heterocycles. The molecule has 2 atom stereocenters. The minimum atomic E-state index is -0.733. The highest BCUT2D eigenvalue weighted by atomic mass is 79.9. The zero-order valence-electron chi connectivity index (χ0n) is 9.70. The van der Waals surface area contributed by atoms with Gasteiger partial charge in [0.05, 0.1) is 6.61 Å². The van der Waals surface area contributed by atoms with Crippen LogP contribution in [0.4, 0.5) is 0 Å². The first-order valence-corrected chi connectivity index (χ1v) is 7.75. The number of fused-ring (bicyclic) bond motifs is 1.